The van der Waals surface area contributed by atoms with Crippen LogP contribution >= 0.6 is 11.3 Å². The number of hydrogen-bond donors (Lipinski definition) is 1. The fraction of sp³-hybridized carbons (Fsp3) is 0.350. The molecule has 0 spiro atoms. The molecule has 1 saturated heterocycles. The van der Waals surface area contributed by atoms with Crippen molar-refractivity contribution in [2.24, 2.45) is 0 Å². The molecular formula is C20H24N2O4S2. The summed E-state index contributed by atoms with van der Waals surface area (Å²) >= 11 is 1.56. The maximum absolute atomic E-state index is 13.0. The highest BCUT2D eigenvalue weighted by Gasteiger charge is 2.29. The number of carbonyl (C=O) groups is 1. The number of hydrogen-bond acceptors (Lipinski definition) is 5. The molecule has 1 aromatic heterocycles. The number of amides is 1. The van der Waals surface area contributed by atoms with E-state index in [-0.39, 0.29) is 16.6 Å². The van der Waals surface area contributed by atoms with Crippen LogP contribution in [0.2, 0.25) is 0 Å². The summed E-state index contributed by atoms with van der Waals surface area (Å²) in [6, 6.07) is 6.66. The lowest BCUT2D eigenvalue weighted by Gasteiger charge is -2.26. The maximum Gasteiger partial charge on any atom is 0.248 e. The van der Waals surface area contributed by atoms with E-state index in [1.165, 1.54) is 23.6 Å². The van der Waals surface area contributed by atoms with Gasteiger partial charge < -0.3 is 10.1 Å². The summed E-state index contributed by atoms with van der Waals surface area (Å²) in [5.41, 5.74) is 1.52. The largest absolute Gasteiger partial charge is 0.495 e. The van der Waals surface area contributed by atoms with Crippen LogP contribution in [0.5, 0.6) is 5.75 Å². The molecule has 0 bridgehead atoms. The van der Waals surface area contributed by atoms with E-state index in [9.17, 15) is 13.2 Å². The van der Waals surface area contributed by atoms with Crippen molar-refractivity contribution >= 4 is 39.0 Å². The van der Waals surface area contributed by atoms with Gasteiger partial charge in [-0.1, -0.05) is 6.42 Å². The smallest absolute Gasteiger partial charge is 0.248 e. The van der Waals surface area contributed by atoms with E-state index >= 15 is 0 Å². The van der Waals surface area contributed by atoms with Crippen molar-refractivity contribution in [1.82, 2.24) is 4.31 Å². The number of anilines is 1. The van der Waals surface area contributed by atoms with Crippen molar-refractivity contribution in [2.45, 2.75) is 31.1 Å². The molecule has 0 radical (unpaired) electrons. The van der Waals surface area contributed by atoms with Gasteiger partial charge in [0.15, 0.2) is 0 Å². The third kappa shape index (κ3) is 4.63. The SMILES string of the molecule is COc1ccc(NC(=O)/C=C/c2sccc2C)cc1S(=O)(=O)N1CCCCC1. The van der Waals surface area contributed by atoms with Gasteiger partial charge in [-0.2, -0.15) is 4.31 Å². The number of ether oxygens (including phenoxy) is 1. The van der Waals surface area contributed by atoms with Crippen LogP contribution in [0, 0.1) is 6.92 Å². The van der Waals surface area contributed by atoms with Crippen LogP contribution in [0.25, 0.3) is 6.08 Å². The molecular weight excluding hydrogens is 396 g/mol. The minimum absolute atomic E-state index is 0.0766. The number of thiophene rings is 1. The maximum atomic E-state index is 13.0. The third-order valence-electron chi connectivity index (χ3n) is 4.65. The van der Waals surface area contributed by atoms with Gasteiger partial charge in [-0.3, -0.25) is 4.79 Å². The van der Waals surface area contributed by atoms with Crippen LogP contribution in [0.4, 0.5) is 5.69 Å². The van der Waals surface area contributed by atoms with E-state index in [0.29, 0.717) is 18.8 Å². The molecule has 28 heavy (non-hydrogen) atoms. The summed E-state index contributed by atoms with van der Waals surface area (Å²) in [5, 5.41) is 4.70. The summed E-state index contributed by atoms with van der Waals surface area (Å²) in [6.07, 6.45) is 5.94. The second-order valence-corrected chi connectivity index (χ2v) is 9.47. The number of benzene rings is 1. The third-order valence-corrected chi connectivity index (χ3v) is 7.56. The molecule has 0 aliphatic carbocycles. The lowest BCUT2D eigenvalue weighted by atomic mass is 10.2. The zero-order chi connectivity index (χ0) is 20.1. The number of piperidine rings is 1. The number of methoxy groups -OCH3 is 1. The highest BCUT2D eigenvalue weighted by atomic mass is 32.2. The zero-order valence-corrected chi connectivity index (χ0v) is 17.6. The molecule has 0 saturated carbocycles. The lowest BCUT2D eigenvalue weighted by molar-refractivity contribution is -0.111. The van der Waals surface area contributed by atoms with Crippen LogP contribution in [0.3, 0.4) is 0 Å². The van der Waals surface area contributed by atoms with Gasteiger partial charge in [0.05, 0.1) is 7.11 Å². The van der Waals surface area contributed by atoms with Gasteiger partial charge in [0, 0.05) is 29.7 Å². The molecule has 1 fully saturated rings. The standard InChI is InChI=1S/C20H24N2O4S2/c1-15-10-13-27-18(15)8-9-20(23)21-16-6-7-17(26-2)19(14-16)28(24,25)22-11-4-3-5-12-22/h6-10,13-14H,3-5,11-12H2,1-2H3,(H,21,23)/b9-8+. The van der Waals surface area contributed by atoms with E-state index in [1.807, 2.05) is 18.4 Å². The quantitative estimate of drug-likeness (QED) is 0.720. The molecule has 2 aromatic rings. The molecule has 0 atom stereocenters. The van der Waals surface area contributed by atoms with E-state index in [4.69, 9.17) is 4.74 Å². The van der Waals surface area contributed by atoms with E-state index in [2.05, 4.69) is 5.32 Å². The normalized spacial score (nSPS) is 15.6. The van der Waals surface area contributed by atoms with Gasteiger partial charge in [-0.15, -0.1) is 11.3 Å². The van der Waals surface area contributed by atoms with Gasteiger partial charge in [0.25, 0.3) is 0 Å². The lowest BCUT2D eigenvalue weighted by Crippen LogP contribution is -2.35. The van der Waals surface area contributed by atoms with E-state index in [1.54, 1.807) is 29.5 Å². The Bertz CT molecular complexity index is 974. The molecule has 1 aliphatic rings. The van der Waals surface area contributed by atoms with Crippen LogP contribution in [-0.2, 0) is 14.8 Å². The topological polar surface area (TPSA) is 75.7 Å². The summed E-state index contributed by atoms with van der Waals surface area (Å²) in [7, 11) is -2.24. The molecule has 3 rings (SSSR count). The monoisotopic (exact) mass is 420 g/mol. The molecule has 1 aliphatic heterocycles. The van der Waals surface area contributed by atoms with Gasteiger partial charge in [0.1, 0.15) is 10.6 Å². The van der Waals surface area contributed by atoms with Crippen molar-refractivity contribution in [3.63, 3.8) is 0 Å². The molecule has 1 aromatic carbocycles. The average Bonchev–Trinajstić information content (AvgIpc) is 3.12. The Morgan fingerprint density at radius 1 is 1.21 bits per heavy atom. The van der Waals surface area contributed by atoms with Crippen LogP contribution < -0.4 is 10.1 Å². The van der Waals surface area contributed by atoms with Crippen molar-refractivity contribution in [2.75, 3.05) is 25.5 Å². The van der Waals surface area contributed by atoms with Gasteiger partial charge >= 0.3 is 0 Å². The van der Waals surface area contributed by atoms with Gasteiger partial charge in [-0.25, -0.2) is 8.42 Å². The number of nitrogens with zero attached hydrogens (tertiary/aromatic N) is 1. The summed E-state index contributed by atoms with van der Waals surface area (Å²) in [4.78, 5) is 13.3. The average molecular weight is 421 g/mol. The Morgan fingerprint density at radius 2 is 1.96 bits per heavy atom. The van der Waals surface area contributed by atoms with E-state index < -0.39 is 10.0 Å². The molecule has 8 heteroatoms. The minimum Gasteiger partial charge on any atom is -0.495 e. The van der Waals surface area contributed by atoms with Crippen molar-refractivity contribution < 1.29 is 17.9 Å². The van der Waals surface area contributed by atoms with Crippen molar-refractivity contribution in [3.05, 3.63) is 46.2 Å². The first kappa shape index (κ1) is 20.6. The first-order valence-corrected chi connectivity index (χ1v) is 11.4. The highest BCUT2D eigenvalue weighted by molar-refractivity contribution is 7.89. The molecule has 6 nitrogen and oxygen atoms in total. The van der Waals surface area contributed by atoms with Crippen LogP contribution in [0.15, 0.2) is 40.6 Å². The molecule has 150 valence electrons. The fourth-order valence-corrected chi connectivity index (χ4v) is 5.61. The van der Waals surface area contributed by atoms with Crippen LogP contribution in [0.1, 0.15) is 29.7 Å². The predicted octanol–water partition coefficient (Wildman–Crippen LogP) is 3.89. The van der Waals surface area contributed by atoms with E-state index in [0.717, 1.165) is 29.7 Å². The summed E-state index contributed by atoms with van der Waals surface area (Å²) in [6.45, 7) is 2.99. The predicted molar refractivity (Wildman–Crippen MR) is 112 cm³/mol. The minimum atomic E-state index is -3.68. The number of carbonyl (C=O) groups excluding carboxylic acids is 1. The Balaban J connectivity index is 1.81. The highest BCUT2D eigenvalue weighted by Crippen LogP contribution is 2.31. The number of sulfonamides is 1. The molecule has 1 amide bonds. The second kappa shape index (κ2) is 8.89. The summed E-state index contributed by atoms with van der Waals surface area (Å²) in [5.74, 6) is -0.0485. The Hall–Kier alpha value is -2.16. The van der Waals surface area contributed by atoms with Crippen molar-refractivity contribution in [1.29, 1.82) is 0 Å². The second-order valence-electron chi connectivity index (χ2n) is 6.62. The van der Waals surface area contributed by atoms with Gasteiger partial charge in [0.2, 0.25) is 15.9 Å². The van der Waals surface area contributed by atoms with Crippen LogP contribution in [-0.4, -0.2) is 38.8 Å². The molecule has 2 heterocycles. The Kier molecular flexibility index (Phi) is 6.53. The number of nitrogens with one attached hydrogen (secondary N) is 1. The Labute approximate surface area is 169 Å². The number of aryl methyl sites for hydroxylation is 1. The first-order chi connectivity index (χ1) is 13.4. The molecule has 0 unspecified atom stereocenters. The molecule has 1 N–H and O–H groups in total. The first-order valence-electron chi connectivity index (χ1n) is 9.13. The van der Waals surface area contributed by atoms with Crippen molar-refractivity contribution in [3.8, 4) is 5.75 Å². The van der Waals surface area contributed by atoms with Gasteiger partial charge in [-0.05, 0) is 61.1 Å². The Morgan fingerprint density at radius 3 is 2.61 bits per heavy atom. The number of rotatable bonds is 6. The summed E-state index contributed by atoms with van der Waals surface area (Å²) < 4.78 is 32.8. The zero-order valence-electron chi connectivity index (χ0n) is 16.0. The fourth-order valence-electron chi connectivity index (χ4n) is 3.09.